The average Bonchev–Trinajstić information content (AvgIpc) is 3.56. The molecule has 0 atom stereocenters. The molecule has 12 heteroatoms. The molecule has 2 aromatic carbocycles. The van der Waals surface area contributed by atoms with Crippen LogP contribution < -0.4 is 26.2 Å². The number of nitrogens with zero attached hydrogens (tertiary/aromatic N) is 3. The van der Waals surface area contributed by atoms with E-state index in [2.05, 4.69) is 10.6 Å². The number of nitrogens with two attached hydrogens (primary N) is 1. The lowest BCUT2D eigenvalue weighted by molar-refractivity contribution is -0.384. The Balaban J connectivity index is 0.000000149. The van der Waals surface area contributed by atoms with Crippen LogP contribution in [0.2, 0.25) is 0 Å². The van der Waals surface area contributed by atoms with E-state index >= 15 is 0 Å². The fraction of sp³-hybridized carbons (Fsp3) is 0.0833. The van der Waals surface area contributed by atoms with Crippen molar-refractivity contribution in [3.05, 3.63) is 92.7 Å². The van der Waals surface area contributed by atoms with Gasteiger partial charge in [0.2, 0.25) is 0 Å². The normalized spacial score (nSPS) is 14.1. The van der Waals surface area contributed by atoms with Crippen molar-refractivity contribution >= 4 is 67.1 Å². The summed E-state index contributed by atoms with van der Waals surface area (Å²) in [7, 11) is 0. The first kappa shape index (κ1) is 23.3. The van der Waals surface area contributed by atoms with Crippen LogP contribution in [-0.2, 0) is 0 Å². The van der Waals surface area contributed by atoms with Crippen molar-refractivity contribution in [3.8, 4) is 0 Å². The molecule has 2 aromatic heterocycles. The first-order chi connectivity index (χ1) is 17.4. The second kappa shape index (κ2) is 9.68. The molecular formula is C24H22N8O2S2. The Kier molecular flexibility index (Phi) is 6.27. The maximum Gasteiger partial charge on any atom is 0.269 e. The van der Waals surface area contributed by atoms with Gasteiger partial charge in [-0.15, -0.1) is 22.7 Å². The molecule has 0 fully saturated rings. The third-order valence-electron chi connectivity index (χ3n) is 5.75. The minimum absolute atomic E-state index is 0.0523. The Bertz CT molecular complexity index is 1430. The first-order valence-electron chi connectivity index (χ1n) is 10.9. The molecule has 6 rings (SSSR count). The summed E-state index contributed by atoms with van der Waals surface area (Å²) in [5, 5.41) is 39.5. The summed E-state index contributed by atoms with van der Waals surface area (Å²) in [5.41, 5.74) is 10.0. The number of nitro groups is 1. The van der Waals surface area contributed by atoms with Gasteiger partial charge in [-0.1, -0.05) is 0 Å². The predicted octanol–water partition coefficient (Wildman–Crippen LogP) is 5.42. The molecule has 36 heavy (non-hydrogen) atoms. The minimum atomic E-state index is -0.430. The number of benzene rings is 2. The number of anilines is 5. The molecule has 4 aromatic rings. The van der Waals surface area contributed by atoms with Gasteiger partial charge in [0, 0.05) is 29.2 Å². The monoisotopic (exact) mass is 518 g/mol. The molecule has 4 heterocycles. The van der Waals surface area contributed by atoms with Crippen LogP contribution in [0.25, 0.3) is 0 Å². The van der Waals surface area contributed by atoms with E-state index in [9.17, 15) is 10.1 Å². The third-order valence-corrected chi connectivity index (χ3v) is 7.50. The van der Waals surface area contributed by atoms with Crippen LogP contribution >= 0.6 is 22.7 Å². The topological polar surface area (TPSA) is 147 Å². The number of amidine groups is 2. The molecule has 0 radical (unpaired) electrons. The van der Waals surface area contributed by atoms with Gasteiger partial charge in [-0.05, 0) is 59.3 Å². The van der Waals surface area contributed by atoms with Gasteiger partial charge < -0.3 is 26.2 Å². The molecule has 10 nitrogen and oxygen atoms in total. The Morgan fingerprint density at radius 1 is 0.778 bits per heavy atom. The zero-order valence-corrected chi connectivity index (χ0v) is 20.5. The zero-order valence-electron chi connectivity index (χ0n) is 18.9. The summed E-state index contributed by atoms with van der Waals surface area (Å²) in [6.45, 7) is 1.11. The Hall–Kier alpha value is -4.42. The maximum absolute atomic E-state index is 10.6. The lowest BCUT2D eigenvalue weighted by Gasteiger charge is -2.30. The Labute approximate surface area is 214 Å². The van der Waals surface area contributed by atoms with Gasteiger partial charge in [-0.2, -0.15) is 0 Å². The van der Waals surface area contributed by atoms with Gasteiger partial charge in [0.1, 0.15) is 21.7 Å². The number of nitrogen functional groups attached to an aromatic ring is 1. The number of non-ortho nitro benzene ring substituents is 1. The summed E-state index contributed by atoms with van der Waals surface area (Å²) in [6.07, 6.45) is 0. The van der Waals surface area contributed by atoms with E-state index in [0.717, 1.165) is 38.2 Å². The highest BCUT2D eigenvalue weighted by atomic mass is 32.1. The number of nitro benzene ring substituents is 1. The van der Waals surface area contributed by atoms with Gasteiger partial charge in [-0.25, -0.2) is 0 Å². The summed E-state index contributed by atoms with van der Waals surface area (Å²) in [6, 6.07) is 17.7. The number of hydrogen-bond acceptors (Lipinski definition) is 9. The number of thiophene rings is 2. The van der Waals surface area contributed by atoms with Crippen molar-refractivity contribution in [2.45, 2.75) is 0 Å². The molecule has 0 saturated heterocycles. The number of hydrogen-bond donors (Lipinski definition) is 5. The van der Waals surface area contributed by atoms with Gasteiger partial charge in [0.05, 0.1) is 29.4 Å². The van der Waals surface area contributed by atoms with E-state index in [1.807, 2.05) is 52.1 Å². The van der Waals surface area contributed by atoms with Gasteiger partial charge in [0.15, 0.2) is 0 Å². The van der Waals surface area contributed by atoms with Crippen molar-refractivity contribution in [1.82, 2.24) is 0 Å². The largest absolute Gasteiger partial charge is 0.399 e. The minimum Gasteiger partial charge on any atom is -0.399 e. The molecule has 0 saturated carbocycles. The molecule has 0 bridgehead atoms. The fourth-order valence-electron chi connectivity index (χ4n) is 3.87. The van der Waals surface area contributed by atoms with Crippen LogP contribution in [0, 0.1) is 20.9 Å². The zero-order chi connectivity index (χ0) is 25.2. The smallest absolute Gasteiger partial charge is 0.269 e. The van der Waals surface area contributed by atoms with Gasteiger partial charge in [0.25, 0.3) is 5.69 Å². The second-order valence-corrected chi connectivity index (χ2v) is 9.75. The highest BCUT2D eigenvalue weighted by molar-refractivity contribution is 7.15. The fourth-order valence-corrected chi connectivity index (χ4v) is 5.42. The van der Waals surface area contributed by atoms with Crippen LogP contribution in [0.5, 0.6) is 0 Å². The van der Waals surface area contributed by atoms with Crippen molar-refractivity contribution in [2.24, 2.45) is 0 Å². The van der Waals surface area contributed by atoms with E-state index in [1.54, 1.807) is 39.7 Å². The molecule has 2 aliphatic rings. The van der Waals surface area contributed by atoms with Crippen molar-refractivity contribution in [1.29, 1.82) is 10.8 Å². The molecule has 0 aliphatic carbocycles. The standard InChI is InChI=1S/C12H10N4O2S.C12H12N4S/c13-11-10-5-6-19-12(10)14-7-15(11)8-1-3-9(4-2-8)16(17)18;13-8-1-3-9(4-2-8)16-7-15-12-10(11(16)14)5-6-17-12/h1-6,13-14H,7H2;1-6,14-15H,7,13H2. The highest BCUT2D eigenvalue weighted by Gasteiger charge is 2.24. The molecule has 6 N–H and O–H groups in total. The van der Waals surface area contributed by atoms with Crippen LogP contribution in [0.1, 0.15) is 11.1 Å². The number of nitrogens with one attached hydrogen (secondary N) is 4. The van der Waals surface area contributed by atoms with Crippen LogP contribution in [0.4, 0.5) is 32.8 Å². The Morgan fingerprint density at radius 3 is 1.67 bits per heavy atom. The van der Waals surface area contributed by atoms with Crippen LogP contribution in [0.15, 0.2) is 71.4 Å². The van der Waals surface area contributed by atoms with Crippen molar-refractivity contribution < 1.29 is 4.92 Å². The molecule has 182 valence electrons. The highest BCUT2D eigenvalue weighted by Crippen LogP contribution is 2.32. The molecule has 2 aliphatic heterocycles. The third kappa shape index (κ3) is 4.46. The number of fused-ring (bicyclic) bond motifs is 2. The van der Waals surface area contributed by atoms with Crippen molar-refractivity contribution in [3.63, 3.8) is 0 Å². The summed E-state index contributed by atoms with van der Waals surface area (Å²) in [5.74, 6) is 0.939. The first-order valence-corrected chi connectivity index (χ1v) is 12.6. The van der Waals surface area contributed by atoms with Crippen LogP contribution in [0.3, 0.4) is 0 Å². The SMILES string of the molecule is N=C1c2ccsc2NCN1c1ccc(N)cc1.N=C1c2ccsc2NCN1c1ccc([N+](=O)[O-])cc1. The van der Waals surface area contributed by atoms with E-state index in [1.165, 1.54) is 12.1 Å². The second-order valence-electron chi connectivity index (χ2n) is 7.91. The van der Waals surface area contributed by atoms with Gasteiger partial charge in [-0.3, -0.25) is 20.9 Å². The van der Waals surface area contributed by atoms with Crippen LogP contribution in [-0.4, -0.2) is 29.9 Å². The predicted molar refractivity (Wildman–Crippen MR) is 148 cm³/mol. The number of rotatable bonds is 3. The summed E-state index contributed by atoms with van der Waals surface area (Å²) in [4.78, 5) is 13.9. The molecular weight excluding hydrogens is 496 g/mol. The average molecular weight is 519 g/mol. The lowest BCUT2D eigenvalue weighted by atomic mass is 10.2. The van der Waals surface area contributed by atoms with E-state index in [0.29, 0.717) is 25.0 Å². The maximum atomic E-state index is 10.6. The van der Waals surface area contributed by atoms with E-state index in [4.69, 9.17) is 16.6 Å². The summed E-state index contributed by atoms with van der Waals surface area (Å²) < 4.78 is 0. The molecule has 0 unspecified atom stereocenters. The summed E-state index contributed by atoms with van der Waals surface area (Å²) >= 11 is 3.19. The molecule has 0 spiro atoms. The van der Waals surface area contributed by atoms with E-state index in [-0.39, 0.29) is 5.69 Å². The van der Waals surface area contributed by atoms with Gasteiger partial charge >= 0.3 is 0 Å². The molecule has 0 amide bonds. The quantitative estimate of drug-likeness (QED) is 0.138. The van der Waals surface area contributed by atoms with Crippen molar-refractivity contribution in [2.75, 3.05) is 39.5 Å². The Morgan fingerprint density at radius 2 is 1.22 bits per heavy atom. The lowest BCUT2D eigenvalue weighted by Crippen LogP contribution is -2.39. The van der Waals surface area contributed by atoms with E-state index < -0.39 is 4.92 Å².